The number of nitrogens with zero attached hydrogens (tertiary/aromatic N) is 4. The lowest BCUT2D eigenvalue weighted by Crippen LogP contribution is -2.36. The molecule has 30 heavy (non-hydrogen) atoms. The fourth-order valence-corrected chi connectivity index (χ4v) is 3.38. The van der Waals surface area contributed by atoms with Gasteiger partial charge in [-0.25, -0.2) is 15.0 Å². The number of morpholine rings is 1. The molecule has 7 heteroatoms. The summed E-state index contributed by atoms with van der Waals surface area (Å²) in [6, 6.07) is 12.2. The lowest BCUT2D eigenvalue weighted by Gasteiger charge is -2.27. The molecule has 0 saturated carbocycles. The summed E-state index contributed by atoms with van der Waals surface area (Å²) in [5.41, 5.74) is 3.18. The van der Waals surface area contributed by atoms with Gasteiger partial charge in [-0.05, 0) is 43.2 Å². The van der Waals surface area contributed by atoms with Crippen LogP contribution in [-0.4, -0.2) is 54.9 Å². The van der Waals surface area contributed by atoms with Crippen LogP contribution in [0.25, 0.3) is 11.4 Å². The normalized spacial score (nSPS) is 13.9. The number of aromatic nitrogens is 3. The van der Waals surface area contributed by atoms with E-state index in [9.17, 15) is 0 Å². The third-order valence-electron chi connectivity index (χ3n) is 5.18. The minimum Gasteiger partial charge on any atom is -0.497 e. The van der Waals surface area contributed by atoms with Crippen molar-refractivity contribution in [1.29, 1.82) is 0 Å². The van der Waals surface area contributed by atoms with Crippen LogP contribution in [0.1, 0.15) is 11.1 Å². The largest absolute Gasteiger partial charge is 0.497 e. The summed E-state index contributed by atoms with van der Waals surface area (Å²) in [6.07, 6.45) is 4.60. The number of benzene rings is 1. The van der Waals surface area contributed by atoms with Gasteiger partial charge in [0.05, 0.1) is 20.3 Å². The average Bonchev–Trinajstić information content (AvgIpc) is 2.81. The highest BCUT2D eigenvalue weighted by Crippen LogP contribution is 2.21. The first-order valence-electron chi connectivity index (χ1n) is 10.2. The van der Waals surface area contributed by atoms with Crippen LogP contribution < -0.4 is 15.0 Å². The van der Waals surface area contributed by atoms with Gasteiger partial charge in [0.15, 0.2) is 5.82 Å². The van der Waals surface area contributed by atoms with E-state index in [1.54, 1.807) is 7.11 Å². The third-order valence-corrected chi connectivity index (χ3v) is 5.18. The SMILES string of the molecule is COc1ccc(CCNc2nc(-c3ccc(N4CCOCC4)nc3)ncc2C)cc1. The van der Waals surface area contributed by atoms with E-state index in [0.717, 1.165) is 67.8 Å². The molecule has 0 unspecified atom stereocenters. The topological polar surface area (TPSA) is 72.4 Å². The standard InChI is InChI=1S/C23H27N5O2/c1-17-15-26-23(19-5-8-21(25-16-19)28-11-13-30-14-12-28)27-22(17)24-10-9-18-3-6-20(29-2)7-4-18/h3-8,15-16H,9-14H2,1-2H3,(H,24,26,27). The van der Waals surface area contributed by atoms with Gasteiger partial charge < -0.3 is 19.7 Å². The van der Waals surface area contributed by atoms with Gasteiger partial charge in [0.25, 0.3) is 0 Å². The van der Waals surface area contributed by atoms with Crippen LogP contribution in [0.3, 0.4) is 0 Å². The second-order valence-electron chi connectivity index (χ2n) is 7.25. The van der Waals surface area contributed by atoms with E-state index in [-0.39, 0.29) is 0 Å². The molecule has 0 radical (unpaired) electrons. The molecule has 1 aliphatic rings. The van der Waals surface area contributed by atoms with Crippen LogP contribution in [0.4, 0.5) is 11.6 Å². The first kappa shape index (κ1) is 20.1. The van der Waals surface area contributed by atoms with Crippen LogP contribution in [-0.2, 0) is 11.2 Å². The first-order chi connectivity index (χ1) is 14.7. The van der Waals surface area contributed by atoms with E-state index in [2.05, 4.69) is 32.3 Å². The molecule has 0 atom stereocenters. The molecule has 0 spiro atoms. The van der Waals surface area contributed by atoms with Crippen molar-refractivity contribution in [3.63, 3.8) is 0 Å². The second kappa shape index (κ2) is 9.54. The van der Waals surface area contributed by atoms with Gasteiger partial charge in [0.1, 0.15) is 17.4 Å². The molecule has 4 rings (SSSR count). The Kier molecular flexibility index (Phi) is 6.39. The lowest BCUT2D eigenvalue weighted by atomic mass is 10.1. The van der Waals surface area contributed by atoms with Gasteiger partial charge >= 0.3 is 0 Å². The van der Waals surface area contributed by atoms with Crippen molar-refractivity contribution in [3.8, 4) is 17.1 Å². The quantitative estimate of drug-likeness (QED) is 0.646. The summed E-state index contributed by atoms with van der Waals surface area (Å²) in [5, 5.41) is 3.44. The molecule has 1 aromatic carbocycles. The van der Waals surface area contributed by atoms with Crippen molar-refractivity contribution < 1.29 is 9.47 Å². The highest BCUT2D eigenvalue weighted by molar-refractivity contribution is 5.59. The van der Waals surface area contributed by atoms with Crippen LogP contribution in [0.15, 0.2) is 48.8 Å². The molecule has 0 bridgehead atoms. The fraction of sp³-hybridized carbons (Fsp3) is 0.348. The third kappa shape index (κ3) is 4.86. The monoisotopic (exact) mass is 405 g/mol. The Balaban J connectivity index is 1.40. The molecule has 3 heterocycles. The van der Waals surface area contributed by atoms with Crippen LogP contribution in [0.2, 0.25) is 0 Å². The number of pyridine rings is 1. The number of hydrogen-bond acceptors (Lipinski definition) is 7. The molecule has 0 amide bonds. The summed E-state index contributed by atoms with van der Waals surface area (Å²) in [7, 11) is 1.68. The van der Waals surface area contributed by atoms with Crippen molar-refractivity contribution in [2.45, 2.75) is 13.3 Å². The smallest absolute Gasteiger partial charge is 0.163 e. The van der Waals surface area contributed by atoms with E-state index in [1.165, 1.54) is 5.56 Å². The molecule has 1 fully saturated rings. The van der Waals surface area contributed by atoms with Crippen LogP contribution in [0.5, 0.6) is 5.75 Å². The predicted octanol–water partition coefficient (Wildman–Crippen LogP) is 3.35. The molecule has 1 aliphatic heterocycles. The maximum atomic E-state index is 5.41. The molecular weight excluding hydrogens is 378 g/mol. The number of hydrogen-bond donors (Lipinski definition) is 1. The summed E-state index contributed by atoms with van der Waals surface area (Å²) in [5.74, 6) is 3.36. The fourth-order valence-electron chi connectivity index (χ4n) is 3.38. The van der Waals surface area contributed by atoms with E-state index in [0.29, 0.717) is 5.82 Å². The molecule has 7 nitrogen and oxygen atoms in total. The minimum absolute atomic E-state index is 0.675. The Labute approximate surface area is 177 Å². The van der Waals surface area contributed by atoms with Gasteiger partial charge in [0, 0.05) is 43.2 Å². The van der Waals surface area contributed by atoms with Crippen LogP contribution >= 0.6 is 0 Å². The highest BCUT2D eigenvalue weighted by Gasteiger charge is 2.13. The zero-order valence-electron chi connectivity index (χ0n) is 17.5. The van der Waals surface area contributed by atoms with E-state index >= 15 is 0 Å². The van der Waals surface area contributed by atoms with Crippen molar-refractivity contribution >= 4 is 11.6 Å². The van der Waals surface area contributed by atoms with E-state index in [4.69, 9.17) is 14.5 Å². The molecule has 1 N–H and O–H groups in total. The van der Waals surface area contributed by atoms with Crippen molar-refractivity contribution in [3.05, 3.63) is 59.9 Å². The Morgan fingerprint density at radius 3 is 2.53 bits per heavy atom. The molecule has 1 saturated heterocycles. The Morgan fingerprint density at radius 2 is 1.83 bits per heavy atom. The summed E-state index contributed by atoms with van der Waals surface area (Å²) >= 11 is 0. The van der Waals surface area contributed by atoms with Gasteiger partial charge in [0.2, 0.25) is 0 Å². The number of nitrogens with one attached hydrogen (secondary N) is 1. The average molecular weight is 406 g/mol. The number of aryl methyl sites for hydroxylation is 1. The number of rotatable bonds is 7. The summed E-state index contributed by atoms with van der Waals surface area (Å²) in [6.45, 7) is 6.04. The summed E-state index contributed by atoms with van der Waals surface area (Å²) in [4.78, 5) is 16.1. The second-order valence-corrected chi connectivity index (χ2v) is 7.25. The maximum absolute atomic E-state index is 5.41. The van der Waals surface area contributed by atoms with Crippen molar-refractivity contribution in [1.82, 2.24) is 15.0 Å². The number of methoxy groups -OCH3 is 1. The Morgan fingerprint density at radius 1 is 1.03 bits per heavy atom. The van der Waals surface area contributed by atoms with Gasteiger partial charge in [-0.15, -0.1) is 0 Å². The molecule has 3 aromatic rings. The van der Waals surface area contributed by atoms with E-state index < -0.39 is 0 Å². The molecule has 2 aromatic heterocycles. The number of anilines is 2. The zero-order valence-corrected chi connectivity index (χ0v) is 17.5. The van der Waals surface area contributed by atoms with E-state index in [1.807, 2.05) is 43.6 Å². The van der Waals surface area contributed by atoms with Gasteiger partial charge in [-0.2, -0.15) is 0 Å². The Hall–Kier alpha value is -3.19. The molecular formula is C23H27N5O2. The first-order valence-corrected chi connectivity index (χ1v) is 10.2. The number of ether oxygens (including phenoxy) is 2. The Bertz CT molecular complexity index is 954. The minimum atomic E-state index is 0.675. The molecule has 156 valence electrons. The highest BCUT2D eigenvalue weighted by atomic mass is 16.5. The molecule has 0 aliphatic carbocycles. The van der Waals surface area contributed by atoms with Crippen molar-refractivity contribution in [2.24, 2.45) is 0 Å². The van der Waals surface area contributed by atoms with Crippen molar-refractivity contribution in [2.75, 3.05) is 50.2 Å². The van der Waals surface area contributed by atoms with Gasteiger partial charge in [-0.1, -0.05) is 12.1 Å². The lowest BCUT2D eigenvalue weighted by molar-refractivity contribution is 0.122. The predicted molar refractivity (Wildman–Crippen MR) is 118 cm³/mol. The zero-order chi connectivity index (χ0) is 20.8. The summed E-state index contributed by atoms with van der Waals surface area (Å²) < 4.78 is 10.6. The van der Waals surface area contributed by atoms with Gasteiger partial charge in [-0.3, -0.25) is 0 Å². The van der Waals surface area contributed by atoms with Crippen LogP contribution in [0, 0.1) is 6.92 Å². The maximum Gasteiger partial charge on any atom is 0.163 e.